The molecule has 0 aliphatic rings. The van der Waals surface area contributed by atoms with Crippen LogP contribution in [0.3, 0.4) is 0 Å². The summed E-state index contributed by atoms with van der Waals surface area (Å²) in [5.74, 6) is -0.317. The number of nitrogens with one attached hydrogen (secondary N) is 2. The Morgan fingerprint density at radius 2 is 1.57 bits per heavy atom. The average molecular weight is 396 g/mol. The molecule has 0 saturated heterocycles. The zero-order valence-electron chi connectivity index (χ0n) is 15.4. The van der Waals surface area contributed by atoms with E-state index in [4.69, 9.17) is 0 Å². The Bertz CT molecular complexity index is 1120. The first-order valence-corrected chi connectivity index (χ1v) is 10.0. The van der Waals surface area contributed by atoms with Crippen LogP contribution in [0.5, 0.6) is 5.75 Å². The number of carbonyl (C=O) groups is 1. The summed E-state index contributed by atoms with van der Waals surface area (Å²) in [5.41, 5.74) is 3.08. The molecule has 3 N–H and O–H groups in total. The number of aromatic hydroxyl groups is 1. The van der Waals surface area contributed by atoms with Crippen molar-refractivity contribution >= 4 is 27.3 Å². The first-order chi connectivity index (χ1) is 13.2. The maximum atomic E-state index is 12.5. The van der Waals surface area contributed by atoms with Crippen molar-refractivity contribution in [2.75, 3.05) is 10.0 Å². The Labute approximate surface area is 163 Å². The van der Waals surface area contributed by atoms with E-state index in [0.717, 1.165) is 11.1 Å². The van der Waals surface area contributed by atoms with Crippen molar-refractivity contribution in [2.45, 2.75) is 18.7 Å². The normalized spacial score (nSPS) is 11.1. The molecule has 0 aliphatic heterocycles. The molecular formula is C21H20N2O4S. The van der Waals surface area contributed by atoms with Gasteiger partial charge in [-0.05, 0) is 73.5 Å². The lowest BCUT2D eigenvalue weighted by Gasteiger charge is -2.10. The second-order valence-electron chi connectivity index (χ2n) is 6.43. The zero-order chi connectivity index (χ0) is 20.3. The van der Waals surface area contributed by atoms with Crippen molar-refractivity contribution in [3.05, 3.63) is 83.4 Å². The van der Waals surface area contributed by atoms with Crippen LogP contribution >= 0.6 is 0 Å². The van der Waals surface area contributed by atoms with E-state index in [2.05, 4.69) is 10.0 Å². The summed E-state index contributed by atoms with van der Waals surface area (Å²) in [7, 11) is -3.72. The van der Waals surface area contributed by atoms with Gasteiger partial charge in [-0.25, -0.2) is 8.42 Å². The summed E-state index contributed by atoms with van der Waals surface area (Å²) in [6, 6.07) is 17.3. The molecule has 144 valence electrons. The Kier molecular flexibility index (Phi) is 5.37. The predicted molar refractivity (Wildman–Crippen MR) is 109 cm³/mol. The summed E-state index contributed by atoms with van der Waals surface area (Å²) in [6.45, 7) is 3.77. The van der Waals surface area contributed by atoms with Gasteiger partial charge in [-0.15, -0.1) is 0 Å². The summed E-state index contributed by atoms with van der Waals surface area (Å²) >= 11 is 0. The van der Waals surface area contributed by atoms with E-state index in [1.165, 1.54) is 36.4 Å². The number of anilines is 2. The highest BCUT2D eigenvalue weighted by Crippen LogP contribution is 2.20. The standard InChI is InChI=1S/C21H20N2O4S/c1-14-6-11-20(12-15(14)2)28(26,27)23-17-9-7-16(8-10-17)21(25)22-18-4-3-5-19(24)13-18/h3-13,23-24H,1-2H3,(H,22,25). The van der Waals surface area contributed by atoms with Gasteiger partial charge in [0.1, 0.15) is 5.75 Å². The molecule has 6 nitrogen and oxygen atoms in total. The Morgan fingerprint density at radius 1 is 0.857 bits per heavy atom. The molecule has 0 unspecified atom stereocenters. The van der Waals surface area contributed by atoms with Crippen LogP contribution in [0.1, 0.15) is 21.5 Å². The third-order valence-corrected chi connectivity index (χ3v) is 5.67. The highest BCUT2D eigenvalue weighted by Gasteiger charge is 2.15. The first kappa shape index (κ1) is 19.4. The number of benzene rings is 3. The molecule has 28 heavy (non-hydrogen) atoms. The molecule has 0 heterocycles. The van der Waals surface area contributed by atoms with Crippen LogP contribution < -0.4 is 10.0 Å². The largest absolute Gasteiger partial charge is 0.508 e. The van der Waals surface area contributed by atoms with Gasteiger partial charge in [-0.1, -0.05) is 12.1 Å². The number of hydrogen-bond donors (Lipinski definition) is 3. The van der Waals surface area contributed by atoms with Crippen LogP contribution in [0.25, 0.3) is 0 Å². The van der Waals surface area contributed by atoms with Gasteiger partial charge in [0.2, 0.25) is 0 Å². The highest BCUT2D eigenvalue weighted by atomic mass is 32.2. The second kappa shape index (κ2) is 7.74. The van der Waals surface area contributed by atoms with Crippen molar-refractivity contribution < 1.29 is 18.3 Å². The third kappa shape index (κ3) is 4.50. The predicted octanol–water partition coefficient (Wildman–Crippen LogP) is 4.06. The molecule has 0 aromatic heterocycles. The van der Waals surface area contributed by atoms with Crippen LogP contribution in [0.4, 0.5) is 11.4 Å². The van der Waals surface area contributed by atoms with Crippen molar-refractivity contribution in [2.24, 2.45) is 0 Å². The summed E-state index contributed by atoms with van der Waals surface area (Å²) in [5, 5.41) is 12.1. The SMILES string of the molecule is Cc1ccc(S(=O)(=O)Nc2ccc(C(=O)Nc3cccc(O)c3)cc2)cc1C. The third-order valence-electron chi connectivity index (χ3n) is 4.29. The van der Waals surface area contributed by atoms with Crippen LogP contribution in [0, 0.1) is 13.8 Å². The van der Waals surface area contributed by atoms with Crippen LogP contribution in [-0.2, 0) is 10.0 Å². The number of rotatable bonds is 5. The van der Waals surface area contributed by atoms with E-state index in [1.54, 1.807) is 30.3 Å². The summed E-state index contributed by atoms with van der Waals surface area (Å²) < 4.78 is 27.6. The van der Waals surface area contributed by atoms with Crippen molar-refractivity contribution in [1.82, 2.24) is 0 Å². The fourth-order valence-electron chi connectivity index (χ4n) is 2.57. The van der Waals surface area contributed by atoms with E-state index in [-0.39, 0.29) is 16.6 Å². The lowest BCUT2D eigenvalue weighted by atomic mass is 10.1. The van der Waals surface area contributed by atoms with Crippen molar-refractivity contribution in [3.8, 4) is 5.75 Å². The van der Waals surface area contributed by atoms with E-state index in [9.17, 15) is 18.3 Å². The van der Waals surface area contributed by atoms with Gasteiger partial charge in [0.25, 0.3) is 15.9 Å². The van der Waals surface area contributed by atoms with Gasteiger partial charge in [0.05, 0.1) is 4.90 Å². The van der Waals surface area contributed by atoms with Crippen molar-refractivity contribution in [1.29, 1.82) is 0 Å². The first-order valence-electron chi connectivity index (χ1n) is 8.55. The maximum absolute atomic E-state index is 12.5. The molecular weight excluding hydrogens is 376 g/mol. The van der Waals surface area contributed by atoms with Gasteiger partial charge in [0.15, 0.2) is 0 Å². The topological polar surface area (TPSA) is 95.5 Å². The molecule has 0 bridgehead atoms. The molecule has 3 rings (SSSR count). The zero-order valence-corrected chi connectivity index (χ0v) is 16.2. The number of aryl methyl sites for hydroxylation is 2. The smallest absolute Gasteiger partial charge is 0.261 e. The van der Waals surface area contributed by atoms with E-state index in [0.29, 0.717) is 16.9 Å². The monoisotopic (exact) mass is 396 g/mol. The number of hydrogen-bond acceptors (Lipinski definition) is 4. The minimum Gasteiger partial charge on any atom is -0.508 e. The molecule has 1 amide bonds. The molecule has 0 fully saturated rings. The van der Waals surface area contributed by atoms with E-state index >= 15 is 0 Å². The van der Waals surface area contributed by atoms with Crippen LogP contribution in [0.15, 0.2) is 71.6 Å². The molecule has 0 spiro atoms. The molecule has 7 heteroatoms. The van der Waals surface area contributed by atoms with Gasteiger partial charge in [0, 0.05) is 23.0 Å². The second-order valence-corrected chi connectivity index (χ2v) is 8.12. The summed E-state index contributed by atoms with van der Waals surface area (Å²) in [6.07, 6.45) is 0. The Balaban J connectivity index is 1.73. The quantitative estimate of drug-likeness (QED) is 0.606. The number of phenolic OH excluding ortho intramolecular Hbond substituents is 1. The Morgan fingerprint density at radius 3 is 2.21 bits per heavy atom. The van der Waals surface area contributed by atoms with Crippen molar-refractivity contribution in [3.63, 3.8) is 0 Å². The molecule has 3 aromatic carbocycles. The molecule has 3 aromatic rings. The van der Waals surface area contributed by atoms with Gasteiger partial charge in [-0.3, -0.25) is 9.52 Å². The average Bonchev–Trinajstić information content (AvgIpc) is 2.64. The minimum atomic E-state index is -3.72. The number of phenols is 1. The van der Waals surface area contributed by atoms with Gasteiger partial charge < -0.3 is 10.4 Å². The van der Waals surface area contributed by atoms with E-state index in [1.807, 2.05) is 13.8 Å². The highest BCUT2D eigenvalue weighted by molar-refractivity contribution is 7.92. The number of amides is 1. The Hall–Kier alpha value is -3.32. The maximum Gasteiger partial charge on any atom is 0.261 e. The molecule has 0 aliphatic carbocycles. The van der Waals surface area contributed by atoms with E-state index < -0.39 is 10.0 Å². The minimum absolute atomic E-state index is 0.0499. The lowest BCUT2D eigenvalue weighted by molar-refractivity contribution is 0.102. The number of carbonyl (C=O) groups excluding carboxylic acids is 1. The van der Waals surface area contributed by atoms with Crippen LogP contribution in [0.2, 0.25) is 0 Å². The lowest BCUT2D eigenvalue weighted by Crippen LogP contribution is -2.14. The fourth-order valence-corrected chi connectivity index (χ4v) is 3.72. The molecule has 0 saturated carbocycles. The molecule has 0 radical (unpaired) electrons. The van der Waals surface area contributed by atoms with Crippen LogP contribution in [-0.4, -0.2) is 19.4 Å². The van der Waals surface area contributed by atoms with Gasteiger partial charge in [-0.2, -0.15) is 0 Å². The number of sulfonamides is 1. The summed E-state index contributed by atoms with van der Waals surface area (Å²) in [4.78, 5) is 12.5. The molecule has 0 atom stereocenters. The fraction of sp³-hybridized carbons (Fsp3) is 0.0952. The van der Waals surface area contributed by atoms with Gasteiger partial charge >= 0.3 is 0 Å².